The zero-order valence-electron chi connectivity index (χ0n) is 30.0. The zero-order valence-corrected chi connectivity index (χ0v) is 30.0. The van der Waals surface area contributed by atoms with Crippen molar-refractivity contribution >= 4 is 55.5 Å². The molecule has 3 heteroatoms. The van der Waals surface area contributed by atoms with E-state index in [0.29, 0.717) is 0 Å². The maximum absolute atomic E-state index is 4.66. The molecule has 0 saturated heterocycles. The highest BCUT2D eigenvalue weighted by molar-refractivity contribution is 6.18. The Morgan fingerprint density at radius 2 is 0.982 bits per heavy atom. The first kappa shape index (κ1) is 31.4. The summed E-state index contributed by atoms with van der Waals surface area (Å²) in [6, 6.07) is 54.6. The van der Waals surface area contributed by atoms with Crippen LogP contribution in [0.4, 0.5) is 17.1 Å². The maximum Gasteiger partial charge on any atom is 0.0723 e. The molecule has 8 aromatic rings. The number of hydrogen-bond donors (Lipinski definition) is 0. The smallest absolute Gasteiger partial charge is 0.0723 e. The molecule has 0 bridgehead atoms. The number of pyridine rings is 2. The van der Waals surface area contributed by atoms with Gasteiger partial charge in [0.2, 0.25) is 0 Å². The van der Waals surface area contributed by atoms with Gasteiger partial charge in [0.25, 0.3) is 0 Å². The lowest BCUT2D eigenvalue weighted by Gasteiger charge is -2.32. The molecule has 0 aliphatic heterocycles. The molecule has 258 valence electrons. The molecule has 3 aliphatic rings. The van der Waals surface area contributed by atoms with Crippen molar-refractivity contribution < 1.29 is 0 Å². The molecule has 6 aromatic carbocycles. The molecule has 2 unspecified atom stereocenters. The van der Waals surface area contributed by atoms with Crippen molar-refractivity contribution in [1.82, 2.24) is 9.97 Å². The minimum Gasteiger partial charge on any atom is -0.310 e. The van der Waals surface area contributed by atoms with Crippen LogP contribution >= 0.6 is 0 Å². The first-order valence-electron chi connectivity index (χ1n) is 19.0. The van der Waals surface area contributed by atoms with Crippen molar-refractivity contribution in [3.05, 3.63) is 217 Å². The minimum atomic E-state index is 0.203. The number of allylic oxidation sites excluding steroid dienone is 8. The second-order valence-corrected chi connectivity index (χ2v) is 14.5. The SMILES string of the molecule is C1=CC2C(c3ccc(N(c4ccncc4)c4ccnc5ccccc45)cc3)=CC=C3c4c(c(-c5ccccc5)c5ccccc5c4-c4ccccc4)C(=C1)C32. The number of para-hydroxylation sites is 1. The average Bonchev–Trinajstić information content (AvgIpc) is 3.59. The van der Waals surface area contributed by atoms with E-state index in [-0.39, 0.29) is 11.8 Å². The van der Waals surface area contributed by atoms with Gasteiger partial charge in [0, 0.05) is 47.2 Å². The molecule has 3 aliphatic carbocycles. The summed E-state index contributed by atoms with van der Waals surface area (Å²) in [5, 5.41) is 3.69. The number of fused-ring (bicyclic) bond motifs is 5. The van der Waals surface area contributed by atoms with Gasteiger partial charge in [0.1, 0.15) is 0 Å². The highest BCUT2D eigenvalue weighted by atomic mass is 15.1. The minimum absolute atomic E-state index is 0.203. The van der Waals surface area contributed by atoms with Gasteiger partial charge < -0.3 is 4.90 Å². The second-order valence-electron chi connectivity index (χ2n) is 14.5. The zero-order chi connectivity index (χ0) is 36.3. The molecular formula is C52H35N3. The third-order valence-corrected chi connectivity index (χ3v) is 11.6. The number of aromatic nitrogens is 2. The summed E-state index contributed by atoms with van der Waals surface area (Å²) in [4.78, 5) is 11.3. The van der Waals surface area contributed by atoms with Gasteiger partial charge in [0.15, 0.2) is 0 Å². The second kappa shape index (κ2) is 12.8. The van der Waals surface area contributed by atoms with E-state index in [2.05, 4.69) is 191 Å². The monoisotopic (exact) mass is 701 g/mol. The van der Waals surface area contributed by atoms with Gasteiger partial charge in [-0.25, -0.2) is 0 Å². The molecule has 0 radical (unpaired) electrons. The molecule has 11 rings (SSSR count). The first-order valence-corrected chi connectivity index (χ1v) is 19.0. The molecule has 0 fully saturated rings. The Hall–Kier alpha value is -7.10. The number of rotatable bonds is 6. The Labute approximate surface area is 320 Å². The van der Waals surface area contributed by atoms with E-state index >= 15 is 0 Å². The first-order chi connectivity index (χ1) is 27.3. The van der Waals surface area contributed by atoms with Crippen LogP contribution in [-0.4, -0.2) is 9.97 Å². The summed E-state index contributed by atoms with van der Waals surface area (Å²) >= 11 is 0. The molecule has 3 nitrogen and oxygen atoms in total. The summed E-state index contributed by atoms with van der Waals surface area (Å²) in [5.74, 6) is 0.423. The number of anilines is 3. The van der Waals surface area contributed by atoms with Crippen LogP contribution in [0.1, 0.15) is 16.7 Å². The lowest BCUT2D eigenvalue weighted by molar-refractivity contribution is 0.726. The molecule has 0 amide bonds. The van der Waals surface area contributed by atoms with E-state index in [4.69, 9.17) is 0 Å². The Morgan fingerprint density at radius 3 is 1.65 bits per heavy atom. The fourth-order valence-corrected chi connectivity index (χ4v) is 9.32. The lowest BCUT2D eigenvalue weighted by atomic mass is 9.71. The van der Waals surface area contributed by atoms with Gasteiger partial charge in [-0.05, 0) is 103 Å². The third-order valence-electron chi connectivity index (χ3n) is 11.6. The van der Waals surface area contributed by atoms with Crippen LogP contribution in [0.2, 0.25) is 0 Å². The maximum atomic E-state index is 4.66. The molecule has 0 N–H and O–H groups in total. The van der Waals surface area contributed by atoms with Crippen LogP contribution < -0.4 is 4.90 Å². The van der Waals surface area contributed by atoms with Gasteiger partial charge in [-0.3, -0.25) is 9.97 Å². The van der Waals surface area contributed by atoms with Gasteiger partial charge in [0.05, 0.1) is 11.2 Å². The Morgan fingerprint density at radius 1 is 0.418 bits per heavy atom. The largest absolute Gasteiger partial charge is 0.310 e. The molecule has 0 saturated carbocycles. The van der Waals surface area contributed by atoms with Gasteiger partial charge in [-0.2, -0.15) is 0 Å². The summed E-state index contributed by atoms with van der Waals surface area (Å²) in [6.45, 7) is 0. The summed E-state index contributed by atoms with van der Waals surface area (Å²) < 4.78 is 0. The van der Waals surface area contributed by atoms with Crippen molar-refractivity contribution in [3.8, 4) is 22.3 Å². The van der Waals surface area contributed by atoms with E-state index in [0.717, 1.165) is 28.0 Å². The quantitative estimate of drug-likeness (QED) is 0.173. The van der Waals surface area contributed by atoms with Crippen molar-refractivity contribution in [2.45, 2.75) is 0 Å². The molecule has 2 atom stereocenters. The predicted octanol–water partition coefficient (Wildman–Crippen LogP) is 13.3. The topological polar surface area (TPSA) is 29.0 Å². The molecule has 2 aromatic heterocycles. The number of benzene rings is 6. The van der Waals surface area contributed by atoms with E-state index in [9.17, 15) is 0 Å². The van der Waals surface area contributed by atoms with E-state index < -0.39 is 0 Å². The number of hydrogen-bond acceptors (Lipinski definition) is 3. The standard InChI is InChI=1S/C52H35N3/c1-3-12-35(13-4-1)48-41-16-7-8-17-42(41)49(36-14-5-2-6-15-36)52-45-27-26-39(40-19-11-20-44(50(40)45)51(48)52)34-22-24-37(25-23-34)55(38-28-31-53-32-29-38)47-30-33-54-46-21-10-9-18-43(46)47/h1-33,40,50H. The van der Waals surface area contributed by atoms with Crippen molar-refractivity contribution in [2.24, 2.45) is 11.8 Å². The fourth-order valence-electron chi connectivity index (χ4n) is 9.32. The third kappa shape index (κ3) is 4.97. The highest BCUT2D eigenvalue weighted by Gasteiger charge is 2.44. The number of nitrogens with zero attached hydrogens (tertiary/aromatic N) is 3. The summed E-state index contributed by atoms with van der Waals surface area (Å²) in [6.07, 6.45) is 17.5. The Bertz CT molecular complexity index is 2900. The van der Waals surface area contributed by atoms with Crippen LogP contribution in [-0.2, 0) is 0 Å². The Balaban J connectivity index is 1.08. The van der Waals surface area contributed by atoms with Crippen LogP contribution in [0.3, 0.4) is 0 Å². The van der Waals surface area contributed by atoms with Crippen molar-refractivity contribution in [3.63, 3.8) is 0 Å². The molecule has 2 heterocycles. The molecule has 0 spiro atoms. The fraction of sp³-hybridized carbons (Fsp3) is 0.0385. The van der Waals surface area contributed by atoms with Crippen LogP contribution in [0.5, 0.6) is 0 Å². The van der Waals surface area contributed by atoms with E-state index in [1.54, 1.807) is 0 Å². The lowest BCUT2D eigenvalue weighted by Crippen LogP contribution is -2.18. The van der Waals surface area contributed by atoms with Gasteiger partial charge in [-0.1, -0.05) is 146 Å². The predicted molar refractivity (Wildman–Crippen MR) is 229 cm³/mol. The summed E-state index contributed by atoms with van der Waals surface area (Å²) in [7, 11) is 0. The average molecular weight is 702 g/mol. The normalized spacial score (nSPS) is 16.6. The highest BCUT2D eigenvalue weighted by Crippen LogP contribution is 2.61. The van der Waals surface area contributed by atoms with Gasteiger partial charge >= 0.3 is 0 Å². The van der Waals surface area contributed by atoms with Gasteiger partial charge in [-0.15, -0.1) is 0 Å². The van der Waals surface area contributed by atoms with Crippen LogP contribution in [0, 0.1) is 11.8 Å². The van der Waals surface area contributed by atoms with Crippen molar-refractivity contribution in [2.75, 3.05) is 4.90 Å². The Kier molecular flexibility index (Phi) is 7.31. The molecular weight excluding hydrogens is 667 g/mol. The van der Waals surface area contributed by atoms with Crippen molar-refractivity contribution in [1.29, 1.82) is 0 Å². The molecule has 55 heavy (non-hydrogen) atoms. The van der Waals surface area contributed by atoms with E-state index in [1.165, 1.54) is 66.4 Å². The van der Waals surface area contributed by atoms with E-state index in [1.807, 2.05) is 24.7 Å². The summed E-state index contributed by atoms with van der Waals surface area (Å²) in [5.41, 5.74) is 17.5. The van der Waals surface area contributed by atoms with Crippen LogP contribution in [0.25, 0.3) is 60.6 Å². The van der Waals surface area contributed by atoms with Crippen LogP contribution in [0.15, 0.2) is 201 Å².